The van der Waals surface area contributed by atoms with Crippen molar-refractivity contribution in [2.24, 2.45) is 0 Å². The molecule has 1 aliphatic rings. The number of carbonyl (C=O) groups is 2. The van der Waals surface area contributed by atoms with Gasteiger partial charge in [0.25, 0.3) is 0 Å². The molecule has 2 rings (SSSR count). The molecule has 0 amide bonds. The highest BCUT2D eigenvalue weighted by atomic mass is 19.3. The first-order valence-corrected chi connectivity index (χ1v) is 8.02. The van der Waals surface area contributed by atoms with E-state index in [-0.39, 0.29) is 11.3 Å². The summed E-state index contributed by atoms with van der Waals surface area (Å²) in [5.74, 6) is -4.33. The van der Waals surface area contributed by atoms with Crippen LogP contribution in [0.1, 0.15) is 43.0 Å². The summed E-state index contributed by atoms with van der Waals surface area (Å²) in [4.78, 5) is 22.0. The molecular formula is C17H18F3O6-. The van der Waals surface area contributed by atoms with Crippen LogP contribution in [-0.2, 0) is 14.3 Å². The normalized spacial score (nSPS) is 16.3. The van der Waals surface area contributed by atoms with Gasteiger partial charge >= 0.3 is 12.1 Å². The van der Waals surface area contributed by atoms with Gasteiger partial charge in [0.15, 0.2) is 11.6 Å². The third-order valence-corrected chi connectivity index (χ3v) is 4.02. The third-order valence-electron chi connectivity index (χ3n) is 4.02. The lowest BCUT2D eigenvalue weighted by Crippen LogP contribution is -2.44. The Morgan fingerprint density at radius 3 is 2.50 bits per heavy atom. The standard InChI is InChI=1S/C17H19F3O6/c1-16(6-2-3-7-16)26-13-10-11(4-5-12(13)18)14(21)24-8-9-25-17(19,20)15(22)23/h4-5,10H,2-3,6-9H2,1H3,(H,22,23)/p-1. The monoisotopic (exact) mass is 375 g/mol. The number of alkyl halides is 2. The Hall–Kier alpha value is -2.29. The second kappa shape index (κ2) is 7.94. The van der Waals surface area contributed by atoms with Gasteiger partial charge in [0.1, 0.15) is 18.2 Å². The highest BCUT2D eigenvalue weighted by Gasteiger charge is 2.33. The van der Waals surface area contributed by atoms with Crippen molar-refractivity contribution in [3.8, 4) is 5.75 Å². The molecule has 0 aliphatic heterocycles. The second-order valence-electron chi connectivity index (χ2n) is 6.19. The molecule has 6 nitrogen and oxygen atoms in total. The summed E-state index contributed by atoms with van der Waals surface area (Å²) in [5, 5.41) is 10.1. The maximum atomic E-state index is 13.9. The molecule has 0 saturated heterocycles. The van der Waals surface area contributed by atoms with Crippen LogP contribution in [0.3, 0.4) is 0 Å². The van der Waals surface area contributed by atoms with E-state index in [2.05, 4.69) is 4.74 Å². The fourth-order valence-corrected chi connectivity index (χ4v) is 2.65. The zero-order chi connectivity index (χ0) is 19.4. The fraction of sp³-hybridized carbons (Fsp3) is 0.529. The van der Waals surface area contributed by atoms with Gasteiger partial charge in [-0.1, -0.05) is 0 Å². The number of aliphatic carboxylic acids is 1. The van der Waals surface area contributed by atoms with Crippen LogP contribution in [0.15, 0.2) is 18.2 Å². The first-order valence-electron chi connectivity index (χ1n) is 8.02. The molecule has 0 unspecified atom stereocenters. The van der Waals surface area contributed by atoms with Crippen molar-refractivity contribution in [3.63, 3.8) is 0 Å². The lowest BCUT2D eigenvalue weighted by Gasteiger charge is -2.26. The molecule has 0 aromatic heterocycles. The van der Waals surface area contributed by atoms with E-state index in [0.29, 0.717) is 0 Å². The molecule has 1 fully saturated rings. The molecule has 144 valence electrons. The minimum Gasteiger partial charge on any atom is -0.542 e. The number of rotatable bonds is 8. The summed E-state index contributed by atoms with van der Waals surface area (Å²) in [6, 6.07) is 3.39. The van der Waals surface area contributed by atoms with Crippen LogP contribution < -0.4 is 9.84 Å². The number of halogens is 3. The number of benzene rings is 1. The molecule has 1 aromatic rings. The van der Waals surface area contributed by atoms with Crippen LogP contribution in [0.4, 0.5) is 13.2 Å². The highest BCUT2D eigenvalue weighted by Crippen LogP contribution is 2.35. The van der Waals surface area contributed by atoms with Gasteiger partial charge in [-0.2, -0.15) is 8.78 Å². The Labute approximate surface area is 147 Å². The summed E-state index contributed by atoms with van der Waals surface area (Å²) in [7, 11) is 0. The van der Waals surface area contributed by atoms with Crippen LogP contribution in [0.2, 0.25) is 0 Å². The molecule has 0 bridgehead atoms. The van der Waals surface area contributed by atoms with E-state index < -0.39 is 42.7 Å². The van der Waals surface area contributed by atoms with E-state index in [1.165, 1.54) is 6.07 Å². The topological polar surface area (TPSA) is 84.9 Å². The van der Waals surface area contributed by atoms with E-state index >= 15 is 0 Å². The molecule has 0 atom stereocenters. The Balaban J connectivity index is 1.92. The number of carboxylic acid groups (broad SMARTS) is 1. The minimum atomic E-state index is -4.47. The van der Waals surface area contributed by atoms with Crippen molar-refractivity contribution in [1.82, 2.24) is 0 Å². The molecule has 0 radical (unpaired) electrons. The zero-order valence-electron chi connectivity index (χ0n) is 14.1. The fourth-order valence-electron chi connectivity index (χ4n) is 2.65. The summed E-state index contributed by atoms with van der Waals surface area (Å²) in [6.45, 7) is 0.390. The Morgan fingerprint density at radius 2 is 1.88 bits per heavy atom. The van der Waals surface area contributed by atoms with Crippen LogP contribution in [0, 0.1) is 5.82 Å². The van der Waals surface area contributed by atoms with Gasteiger partial charge < -0.3 is 24.1 Å². The van der Waals surface area contributed by atoms with Crippen LogP contribution >= 0.6 is 0 Å². The van der Waals surface area contributed by atoms with Gasteiger partial charge in [-0.15, -0.1) is 0 Å². The maximum absolute atomic E-state index is 13.9. The van der Waals surface area contributed by atoms with Crippen molar-refractivity contribution in [2.45, 2.75) is 44.3 Å². The van der Waals surface area contributed by atoms with Crippen LogP contribution in [-0.4, -0.2) is 36.9 Å². The largest absolute Gasteiger partial charge is 0.542 e. The van der Waals surface area contributed by atoms with Crippen LogP contribution in [0.5, 0.6) is 5.75 Å². The Kier molecular flexibility index (Phi) is 6.12. The zero-order valence-corrected chi connectivity index (χ0v) is 14.1. The first kappa shape index (κ1) is 20.0. The molecular weight excluding hydrogens is 357 g/mol. The number of carboxylic acids is 1. The summed E-state index contributed by atoms with van der Waals surface area (Å²) in [5.41, 5.74) is -0.539. The van der Waals surface area contributed by atoms with E-state index in [4.69, 9.17) is 9.47 Å². The van der Waals surface area contributed by atoms with Gasteiger partial charge in [0.2, 0.25) is 0 Å². The van der Waals surface area contributed by atoms with E-state index in [1.54, 1.807) is 0 Å². The quantitative estimate of drug-likeness (QED) is 0.511. The highest BCUT2D eigenvalue weighted by molar-refractivity contribution is 5.89. The number of esters is 1. The molecule has 1 saturated carbocycles. The van der Waals surface area contributed by atoms with E-state index in [1.807, 2.05) is 6.92 Å². The van der Waals surface area contributed by atoms with Crippen molar-refractivity contribution < 1.29 is 42.1 Å². The van der Waals surface area contributed by atoms with Gasteiger partial charge in [0, 0.05) is 0 Å². The van der Waals surface area contributed by atoms with Gasteiger partial charge in [-0.25, -0.2) is 9.18 Å². The number of ether oxygens (including phenoxy) is 3. The Morgan fingerprint density at radius 1 is 1.23 bits per heavy atom. The molecule has 0 heterocycles. The smallest absolute Gasteiger partial charge is 0.397 e. The number of carbonyl (C=O) groups excluding carboxylic acids is 2. The van der Waals surface area contributed by atoms with Crippen molar-refractivity contribution in [2.75, 3.05) is 13.2 Å². The molecule has 0 N–H and O–H groups in total. The van der Waals surface area contributed by atoms with Crippen molar-refractivity contribution in [3.05, 3.63) is 29.6 Å². The molecule has 1 aromatic carbocycles. The minimum absolute atomic E-state index is 0.0327. The summed E-state index contributed by atoms with van der Waals surface area (Å²) < 4.78 is 53.4. The lowest BCUT2D eigenvalue weighted by molar-refractivity contribution is -0.363. The van der Waals surface area contributed by atoms with Crippen molar-refractivity contribution >= 4 is 11.9 Å². The summed E-state index contributed by atoms with van der Waals surface area (Å²) >= 11 is 0. The predicted molar refractivity (Wildman–Crippen MR) is 80.1 cm³/mol. The second-order valence-corrected chi connectivity index (χ2v) is 6.19. The van der Waals surface area contributed by atoms with Gasteiger partial charge in [-0.3, -0.25) is 0 Å². The SMILES string of the molecule is CC1(Oc2cc(C(=O)OCCOC(F)(F)C(=O)[O-])ccc2F)CCCC1. The number of hydrogen-bond donors (Lipinski definition) is 0. The molecule has 1 aliphatic carbocycles. The van der Waals surface area contributed by atoms with Crippen molar-refractivity contribution in [1.29, 1.82) is 0 Å². The van der Waals surface area contributed by atoms with Gasteiger partial charge in [0.05, 0.1) is 12.2 Å². The maximum Gasteiger partial charge on any atom is 0.397 e. The molecule has 26 heavy (non-hydrogen) atoms. The average molecular weight is 375 g/mol. The predicted octanol–water partition coefficient (Wildman–Crippen LogP) is 2.05. The van der Waals surface area contributed by atoms with E-state index in [0.717, 1.165) is 37.8 Å². The average Bonchev–Trinajstić information content (AvgIpc) is 2.99. The van der Waals surface area contributed by atoms with Crippen LogP contribution in [0.25, 0.3) is 0 Å². The first-order chi connectivity index (χ1) is 12.1. The number of hydrogen-bond acceptors (Lipinski definition) is 6. The molecule has 0 spiro atoms. The Bertz CT molecular complexity index is 670. The third kappa shape index (κ3) is 5.10. The van der Waals surface area contributed by atoms with E-state index in [9.17, 15) is 27.9 Å². The van der Waals surface area contributed by atoms with Gasteiger partial charge in [-0.05, 0) is 50.8 Å². The lowest BCUT2D eigenvalue weighted by atomic mass is 10.1. The summed E-state index contributed by atoms with van der Waals surface area (Å²) in [6.07, 6.45) is -0.997. The molecule has 9 heteroatoms.